The van der Waals surface area contributed by atoms with E-state index in [9.17, 15) is 4.39 Å². The van der Waals surface area contributed by atoms with Crippen LogP contribution in [0, 0.1) is 0 Å². The predicted octanol–water partition coefficient (Wildman–Crippen LogP) is 2.98. The van der Waals surface area contributed by atoms with Crippen molar-refractivity contribution in [2.24, 2.45) is 0 Å². The SMILES string of the molecule is C=C1C=C(C)C(F)=CN1C(C)C. The maximum Gasteiger partial charge on any atom is 0.142 e. The molecule has 0 aromatic carbocycles. The van der Waals surface area contributed by atoms with Crippen LogP contribution in [0.4, 0.5) is 4.39 Å². The predicted molar refractivity (Wildman–Crippen MR) is 49.1 cm³/mol. The molecule has 1 aliphatic heterocycles. The summed E-state index contributed by atoms with van der Waals surface area (Å²) in [6, 6.07) is 0.257. The van der Waals surface area contributed by atoms with Crippen LogP contribution < -0.4 is 0 Å². The van der Waals surface area contributed by atoms with Crippen LogP contribution in [0.5, 0.6) is 0 Å². The van der Waals surface area contributed by atoms with Crippen LogP contribution in [0.2, 0.25) is 0 Å². The van der Waals surface area contributed by atoms with Crippen LogP contribution in [0.1, 0.15) is 20.8 Å². The second-order valence-corrected chi connectivity index (χ2v) is 3.30. The fourth-order valence-electron chi connectivity index (χ4n) is 1.18. The highest BCUT2D eigenvalue weighted by Gasteiger charge is 2.14. The van der Waals surface area contributed by atoms with Crippen LogP contribution in [0.15, 0.2) is 36.0 Å². The van der Waals surface area contributed by atoms with Gasteiger partial charge in [0, 0.05) is 17.9 Å². The first-order valence-corrected chi connectivity index (χ1v) is 4.05. The third-order valence-corrected chi connectivity index (χ3v) is 1.90. The van der Waals surface area contributed by atoms with E-state index < -0.39 is 0 Å². The van der Waals surface area contributed by atoms with Crippen molar-refractivity contribution in [3.05, 3.63) is 36.0 Å². The van der Waals surface area contributed by atoms with Crippen molar-refractivity contribution in [3.63, 3.8) is 0 Å². The molecule has 0 aromatic heterocycles. The number of hydrogen-bond donors (Lipinski definition) is 0. The molecule has 0 saturated heterocycles. The Morgan fingerprint density at radius 3 is 2.58 bits per heavy atom. The molecule has 1 aliphatic rings. The van der Waals surface area contributed by atoms with E-state index in [-0.39, 0.29) is 11.9 Å². The van der Waals surface area contributed by atoms with E-state index in [2.05, 4.69) is 6.58 Å². The van der Waals surface area contributed by atoms with Crippen molar-refractivity contribution in [3.8, 4) is 0 Å². The molecule has 0 saturated carbocycles. The zero-order valence-electron chi connectivity index (χ0n) is 7.76. The first kappa shape index (κ1) is 9.04. The highest BCUT2D eigenvalue weighted by Crippen LogP contribution is 2.24. The normalized spacial score (nSPS) is 18.1. The average Bonchev–Trinajstić information content (AvgIpc) is 1.96. The number of halogens is 1. The molecule has 0 atom stereocenters. The fourth-order valence-corrected chi connectivity index (χ4v) is 1.18. The molecule has 0 N–H and O–H groups in total. The Morgan fingerprint density at radius 2 is 2.08 bits per heavy atom. The molecule has 66 valence electrons. The Labute approximate surface area is 72.9 Å². The molecule has 0 amide bonds. The molecule has 12 heavy (non-hydrogen) atoms. The number of nitrogens with zero attached hydrogens (tertiary/aromatic N) is 1. The molecule has 0 aliphatic carbocycles. The number of hydrogen-bond acceptors (Lipinski definition) is 1. The minimum absolute atomic E-state index is 0.170. The van der Waals surface area contributed by atoms with Gasteiger partial charge in [0.2, 0.25) is 0 Å². The topological polar surface area (TPSA) is 3.24 Å². The lowest BCUT2D eigenvalue weighted by Gasteiger charge is -2.28. The summed E-state index contributed by atoms with van der Waals surface area (Å²) in [5, 5.41) is 0. The van der Waals surface area contributed by atoms with Crippen molar-refractivity contribution >= 4 is 0 Å². The van der Waals surface area contributed by atoms with E-state index in [4.69, 9.17) is 0 Å². The van der Waals surface area contributed by atoms with E-state index in [1.807, 2.05) is 18.7 Å². The highest BCUT2D eigenvalue weighted by atomic mass is 19.1. The third kappa shape index (κ3) is 1.58. The van der Waals surface area contributed by atoms with Crippen molar-refractivity contribution in [2.75, 3.05) is 0 Å². The Balaban J connectivity index is 2.92. The Kier molecular flexibility index (Phi) is 2.36. The summed E-state index contributed by atoms with van der Waals surface area (Å²) < 4.78 is 13.1. The lowest BCUT2D eigenvalue weighted by atomic mass is 10.1. The summed E-state index contributed by atoms with van der Waals surface area (Å²) in [6.07, 6.45) is 3.26. The average molecular weight is 167 g/mol. The smallest absolute Gasteiger partial charge is 0.142 e. The Hall–Kier alpha value is -1.05. The van der Waals surface area contributed by atoms with Gasteiger partial charge in [-0.2, -0.15) is 0 Å². The second-order valence-electron chi connectivity index (χ2n) is 3.30. The Morgan fingerprint density at radius 1 is 1.50 bits per heavy atom. The number of rotatable bonds is 1. The van der Waals surface area contributed by atoms with Crippen molar-refractivity contribution in [1.82, 2.24) is 4.90 Å². The zero-order valence-corrected chi connectivity index (χ0v) is 7.76. The summed E-state index contributed by atoms with van der Waals surface area (Å²) in [6.45, 7) is 9.59. The fraction of sp³-hybridized carbons (Fsp3) is 0.400. The quantitative estimate of drug-likeness (QED) is 0.580. The van der Waals surface area contributed by atoms with Crippen LogP contribution in [-0.4, -0.2) is 10.9 Å². The van der Waals surface area contributed by atoms with Crippen molar-refractivity contribution < 1.29 is 4.39 Å². The molecular weight excluding hydrogens is 153 g/mol. The van der Waals surface area contributed by atoms with Gasteiger partial charge in [-0.15, -0.1) is 0 Å². The largest absolute Gasteiger partial charge is 0.343 e. The summed E-state index contributed by atoms with van der Waals surface area (Å²) in [5.74, 6) is -0.170. The van der Waals surface area contributed by atoms with E-state index in [0.29, 0.717) is 5.57 Å². The lowest BCUT2D eigenvalue weighted by Crippen LogP contribution is -2.25. The minimum atomic E-state index is -0.170. The monoisotopic (exact) mass is 167 g/mol. The number of allylic oxidation sites excluding steroid dienone is 3. The molecule has 0 spiro atoms. The molecule has 0 radical (unpaired) electrons. The molecule has 2 heteroatoms. The van der Waals surface area contributed by atoms with Gasteiger partial charge >= 0.3 is 0 Å². The van der Waals surface area contributed by atoms with Crippen LogP contribution in [0.25, 0.3) is 0 Å². The van der Waals surface area contributed by atoms with Gasteiger partial charge < -0.3 is 4.90 Å². The maximum atomic E-state index is 13.1. The van der Waals surface area contributed by atoms with Gasteiger partial charge in [0.25, 0.3) is 0 Å². The van der Waals surface area contributed by atoms with Crippen molar-refractivity contribution in [2.45, 2.75) is 26.8 Å². The van der Waals surface area contributed by atoms with Crippen LogP contribution in [0.3, 0.4) is 0 Å². The summed E-state index contributed by atoms with van der Waals surface area (Å²) in [4.78, 5) is 1.82. The van der Waals surface area contributed by atoms with Gasteiger partial charge in [-0.25, -0.2) is 4.39 Å². The first-order chi connectivity index (χ1) is 5.52. The van der Waals surface area contributed by atoms with Crippen LogP contribution in [-0.2, 0) is 0 Å². The molecule has 1 rings (SSSR count). The van der Waals surface area contributed by atoms with Gasteiger partial charge in [-0.05, 0) is 32.4 Å². The van der Waals surface area contributed by atoms with Gasteiger partial charge in [0.05, 0.1) is 0 Å². The minimum Gasteiger partial charge on any atom is -0.343 e. The summed E-state index contributed by atoms with van der Waals surface area (Å²) >= 11 is 0. The van der Waals surface area contributed by atoms with Crippen molar-refractivity contribution in [1.29, 1.82) is 0 Å². The second kappa shape index (κ2) is 3.13. The molecular formula is C10H14FN. The zero-order chi connectivity index (χ0) is 9.30. The van der Waals surface area contributed by atoms with Gasteiger partial charge in [0.1, 0.15) is 5.83 Å². The molecule has 0 fully saturated rings. The molecule has 0 aromatic rings. The first-order valence-electron chi connectivity index (χ1n) is 4.05. The third-order valence-electron chi connectivity index (χ3n) is 1.90. The standard InChI is InChI=1S/C10H14FN/c1-7(2)12-6-10(11)8(3)5-9(12)4/h5-7H,4H2,1-3H3. The molecule has 0 bridgehead atoms. The van der Waals surface area contributed by atoms with E-state index >= 15 is 0 Å². The molecule has 0 unspecified atom stereocenters. The van der Waals surface area contributed by atoms with E-state index in [1.54, 1.807) is 13.0 Å². The van der Waals surface area contributed by atoms with Gasteiger partial charge in [0.15, 0.2) is 0 Å². The van der Waals surface area contributed by atoms with Gasteiger partial charge in [-0.3, -0.25) is 0 Å². The van der Waals surface area contributed by atoms with E-state index in [0.717, 1.165) is 5.70 Å². The van der Waals surface area contributed by atoms with E-state index in [1.165, 1.54) is 6.20 Å². The summed E-state index contributed by atoms with van der Waals surface area (Å²) in [5.41, 5.74) is 1.50. The van der Waals surface area contributed by atoms with Gasteiger partial charge in [-0.1, -0.05) is 6.58 Å². The summed E-state index contributed by atoms with van der Waals surface area (Å²) in [7, 11) is 0. The Bertz CT molecular complexity index is 261. The molecule has 1 nitrogen and oxygen atoms in total. The highest BCUT2D eigenvalue weighted by molar-refractivity contribution is 5.36. The maximum absolute atomic E-state index is 13.1. The lowest BCUT2D eigenvalue weighted by molar-refractivity contribution is 0.378. The van der Waals surface area contributed by atoms with Crippen LogP contribution >= 0.6 is 0 Å². The molecule has 1 heterocycles.